The molecule has 0 bridgehead atoms. The summed E-state index contributed by atoms with van der Waals surface area (Å²) in [5, 5.41) is 5.98. The number of likely N-dealkylation sites (tertiary alicyclic amines) is 1. The molecule has 50 heavy (non-hydrogen) atoms. The molecule has 2 heterocycles. The van der Waals surface area contributed by atoms with Crippen molar-refractivity contribution in [2.24, 2.45) is 17.8 Å². The first-order chi connectivity index (χ1) is 23.8. The highest BCUT2D eigenvalue weighted by Crippen LogP contribution is 2.29. The van der Waals surface area contributed by atoms with Crippen LogP contribution < -0.4 is 16.4 Å². The van der Waals surface area contributed by atoms with E-state index >= 15 is 0 Å². The standard InChI is InChI=1S/C37H62N6O7/c1-9-25(4)33(41(6)37(47)32(24(2)3)40-36(46)27-12-14-28(38)15-13-27)30(48-7)23-31(44)43-17-10-11-29(43)34(49-8)26(5)35(45)39-16-18-42-19-21-50-22-20-42/h12-15,24-26,29-30,32-34H,9-11,16-23,38H2,1-8H3,(H,39,45)(H,40,46)/t25-,26+,29-,30+,32-,33-,34+/m0/s1. The van der Waals surface area contributed by atoms with Gasteiger partial charge in [-0.05, 0) is 48.9 Å². The second kappa shape index (κ2) is 20.0. The van der Waals surface area contributed by atoms with Crippen molar-refractivity contribution >= 4 is 29.3 Å². The van der Waals surface area contributed by atoms with Crippen LogP contribution in [0.5, 0.6) is 0 Å². The number of likely N-dealkylation sites (N-methyl/N-ethyl adjacent to an activating group) is 1. The van der Waals surface area contributed by atoms with Gasteiger partial charge in [0.2, 0.25) is 17.7 Å². The van der Waals surface area contributed by atoms with Crippen molar-refractivity contribution in [3.05, 3.63) is 29.8 Å². The van der Waals surface area contributed by atoms with Crippen LogP contribution in [0.1, 0.15) is 70.7 Å². The Morgan fingerprint density at radius 1 is 1.02 bits per heavy atom. The van der Waals surface area contributed by atoms with Gasteiger partial charge in [-0.3, -0.25) is 24.1 Å². The van der Waals surface area contributed by atoms with Crippen LogP contribution in [0.4, 0.5) is 5.69 Å². The molecule has 4 N–H and O–H groups in total. The van der Waals surface area contributed by atoms with Crippen LogP contribution in [0.3, 0.4) is 0 Å². The van der Waals surface area contributed by atoms with Crippen LogP contribution in [-0.2, 0) is 28.6 Å². The summed E-state index contributed by atoms with van der Waals surface area (Å²) >= 11 is 0. The van der Waals surface area contributed by atoms with Crippen molar-refractivity contribution in [3.63, 3.8) is 0 Å². The van der Waals surface area contributed by atoms with E-state index in [0.29, 0.717) is 37.6 Å². The third-order valence-electron chi connectivity index (χ3n) is 10.5. The molecule has 3 rings (SSSR count). The quantitative estimate of drug-likeness (QED) is 0.196. The molecule has 2 aliphatic rings. The Morgan fingerprint density at radius 3 is 2.26 bits per heavy atom. The van der Waals surface area contributed by atoms with Gasteiger partial charge in [0.05, 0.1) is 49.8 Å². The van der Waals surface area contributed by atoms with E-state index in [1.165, 1.54) is 0 Å². The Morgan fingerprint density at radius 2 is 1.68 bits per heavy atom. The Balaban J connectivity index is 1.70. The molecule has 0 spiro atoms. The van der Waals surface area contributed by atoms with Crippen molar-refractivity contribution in [2.75, 3.05) is 72.9 Å². The van der Waals surface area contributed by atoms with Crippen LogP contribution in [-0.4, -0.2) is 136 Å². The minimum atomic E-state index is -0.795. The highest BCUT2D eigenvalue weighted by molar-refractivity contribution is 5.98. The number of morpholine rings is 1. The third-order valence-corrected chi connectivity index (χ3v) is 10.5. The molecule has 1 aromatic carbocycles. The molecule has 13 heteroatoms. The number of carbonyl (C=O) groups is 4. The number of nitrogens with one attached hydrogen (secondary N) is 2. The maximum atomic E-state index is 14.1. The van der Waals surface area contributed by atoms with Crippen molar-refractivity contribution in [1.82, 2.24) is 25.3 Å². The Kier molecular flexibility index (Phi) is 16.4. The van der Waals surface area contributed by atoms with Crippen LogP contribution >= 0.6 is 0 Å². The highest BCUT2D eigenvalue weighted by atomic mass is 16.5. The third kappa shape index (κ3) is 10.9. The second-order valence-electron chi connectivity index (χ2n) is 14.2. The molecule has 282 valence electrons. The van der Waals surface area contributed by atoms with Gasteiger partial charge in [-0.15, -0.1) is 0 Å². The summed E-state index contributed by atoms with van der Waals surface area (Å²) in [6, 6.07) is 5.06. The Hall–Kier alpha value is -3.26. The topological polar surface area (TPSA) is 156 Å². The van der Waals surface area contributed by atoms with Crippen LogP contribution in [0.2, 0.25) is 0 Å². The predicted octanol–water partition coefficient (Wildman–Crippen LogP) is 2.39. The first kappa shape index (κ1) is 41.2. The van der Waals surface area contributed by atoms with E-state index < -0.39 is 30.2 Å². The van der Waals surface area contributed by atoms with E-state index in [1.807, 2.05) is 39.5 Å². The summed E-state index contributed by atoms with van der Waals surface area (Å²) in [7, 11) is 4.88. The van der Waals surface area contributed by atoms with Gasteiger partial charge in [-0.1, -0.05) is 41.0 Å². The molecule has 4 amide bonds. The molecule has 2 saturated heterocycles. The smallest absolute Gasteiger partial charge is 0.251 e. The number of anilines is 1. The molecule has 0 saturated carbocycles. The molecule has 13 nitrogen and oxygen atoms in total. The van der Waals surface area contributed by atoms with Gasteiger partial charge in [0.1, 0.15) is 6.04 Å². The molecule has 1 aromatic rings. The second-order valence-corrected chi connectivity index (χ2v) is 14.2. The van der Waals surface area contributed by atoms with Crippen molar-refractivity contribution in [2.45, 2.75) is 90.6 Å². The maximum absolute atomic E-state index is 14.1. The minimum absolute atomic E-state index is 0.00964. The summed E-state index contributed by atoms with van der Waals surface area (Å²) in [6.45, 7) is 14.7. The minimum Gasteiger partial charge on any atom is -0.399 e. The van der Waals surface area contributed by atoms with Crippen LogP contribution in [0.15, 0.2) is 24.3 Å². The van der Waals surface area contributed by atoms with E-state index in [2.05, 4.69) is 15.5 Å². The number of rotatable bonds is 18. The van der Waals surface area contributed by atoms with E-state index in [4.69, 9.17) is 19.9 Å². The monoisotopic (exact) mass is 702 g/mol. The lowest BCUT2D eigenvalue weighted by Crippen LogP contribution is -2.57. The molecule has 0 unspecified atom stereocenters. The Bertz CT molecular complexity index is 1240. The van der Waals surface area contributed by atoms with Gasteiger partial charge in [0, 0.05) is 65.2 Å². The summed E-state index contributed by atoms with van der Waals surface area (Å²) in [6.07, 6.45) is 1.25. The largest absolute Gasteiger partial charge is 0.399 e. The van der Waals surface area contributed by atoms with Crippen molar-refractivity contribution < 1.29 is 33.4 Å². The number of nitrogens with two attached hydrogens (primary N) is 1. The lowest BCUT2D eigenvalue weighted by Gasteiger charge is -2.40. The first-order valence-electron chi connectivity index (χ1n) is 18.2. The molecule has 0 radical (unpaired) electrons. The number of amides is 4. The van der Waals surface area contributed by atoms with Gasteiger partial charge in [0.15, 0.2) is 0 Å². The number of methoxy groups -OCH3 is 2. The number of carbonyl (C=O) groups excluding carboxylic acids is 4. The zero-order valence-electron chi connectivity index (χ0n) is 31.5. The molecular weight excluding hydrogens is 640 g/mol. The van der Waals surface area contributed by atoms with Crippen LogP contribution in [0.25, 0.3) is 0 Å². The number of hydrogen-bond donors (Lipinski definition) is 3. The maximum Gasteiger partial charge on any atom is 0.251 e. The van der Waals surface area contributed by atoms with Gasteiger partial charge in [0.25, 0.3) is 5.91 Å². The first-order valence-corrected chi connectivity index (χ1v) is 18.2. The SMILES string of the molecule is CC[C@H](C)[C@@H]([C@@H](CC(=O)N1CCC[C@H]1[C@H](OC)[C@@H](C)C(=O)NCCN1CCOCC1)OC)N(C)C(=O)[C@@H](NC(=O)c1ccc(N)cc1)C(C)C. The molecule has 2 aliphatic heterocycles. The fourth-order valence-corrected chi connectivity index (χ4v) is 7.22. The summed E-state index contributed by atoms with van der Waals surface area (Å²) in [4.78, 5) is 60.2. The molecule has 0 aromatic heterocycles. The zero-order chi connectivity index (χ0) is 37.0. The number of benzene rings is 1. The highest BCUT2D eigenvalue weighted by Gasteiger charge is 2.42. The lowest BCUT2D eigenvalue weighted by atomic mass is 9.89. The van der Waals surface area contributed by atoms with E-state index in [0.717, 1.165) is 38.9 Å². The summed E-state index contributed by atoms with van der Waals surface area (Å²) in [5.74, 6) is -1.49. The Labute approximate surface area is 298 Å². The van der Waals surface area contributed by atoms with E-state index in [1.54, 1.807) is 50.4 Å². The zero-order valence-corrected chi connectivity index (χ0v) is 31.5. The van der Waals surface area contributed by atoms with Crippen LogP contribution in [0, 0.1) is 17.8 Å². The molecule has 0 aliphatic carbocycles. The van der Waals surface area contributed by atoms with Gasteiger partial charge in [-0.2, -0.15) is 0 Å². The number of nitrogens with zero attached hydrogens (tertiary/aromatic N) is 3. The molecule has 7 atom stereocenters. The van der Waals surface area contributed by atoms with Gasteiger partial charge < -0.3 is 40.4 Å². The van der Waals surface area contributed by atoms with Gasteiger partial charge in [-0.25, -0.2) is 0 Å². The van der Waals surface area contributed by atoms with E-state index in [-0.39, 0.29) is 47.9 Å². The summed E-state index contributed by atoms with van der Waals surface area (Å²) < 4.78 is 17.3. The summed E-state index contributed by atoms with van der Waals surface area (Å²) in [5.41, 5.74) is 6.74. The number of ether oxygens (including phenoxy) is 3. The van der Waals surface area contributed by atoms with Crippen molar-refractivity contribution in [3.8, 4) is 0 Å². The molecule has 2 fully saturated rings. The predicted molar refractivity (Wildman–Crippen MR) is 193 cm³/mol. The fraction of sp³-hybridized carbons (Fsp3) is 0.730. The fourth-order valence-electron chi connectivity index (χ4n) is 7.22. The van der Waals surface area contributed by atoms with E-state index in [9.17, 15) is 19.2 Å². The van der Waals surface area contributed by atoms with Gasteiger partial charge >= 0.3 is 0 Å². The number of nitrogen functional groups attached to an aromatic ring is 1. The molecular formula is C37H62N6O7. The van der Waals surface area contributed by atoms with Crippen molar-refractivity contribution in [1.29, 1.82) is 0 Å². The number of hydrogen-bond acceptors (Lipinski definition) is 9. The average Bonchev–Trinajstić information content (AvgIpc) is 3.60. The lowest BCUT2D eigenvalue weighted by molar-refractivity contribution is -0.146. The average molecular weight is 703 g/mol. The normalized spacial score (nSPS) is 20.4.